The van der Waals surface area contributed by atoms with E-state index in [0.717, 1.165) is 25.7 Å². The summed E-state index contributed by atoms with van der Waals surface area (Å²) in [5, 5.41) is 22.3. The highest BCUT2D eigenvalue weighted by molar-refractivity contribution is 5.82. The average molecular weight is 201 g/mol. The summed E-state index contributed by atoms with van der Waals surface area (Å²) in [7, 11) is 0. The molecule has 1 fully saturated rings. The lowest BCUT2D eigenvalue weighted by molar-refractivity contribution is 0.184. The van der Waals surface area contributed by atoms with Crippen LogP contribution in [0.2, 0.25) is 0 Å². The number of nitrogens with one attached hydrogen (secondary N) is 1. The number of nitrogens with zero attached hydrogens (tertiary/aromatic N) is 1. The first-order valence-electron chi connectivity index (χ1n) is 4.60. The maximum absolute atomic E-state index is 10.3. The molecule has 1 amide bonds. The molecule has 0 aromatic rings. The van der Waals surface area contributed by atoms with Gasteiger partial charge < -0.3 is 21.4 Å². The van der Waals surface area contributed by atoms with Crippen molar-refractivity contribution in [2.75, 3.05) is 0 Å². The van der Waals surface area contributed by atoms with E-state index < -0.39 is 6.09 Å². The van der Waals surface area contributed by atoms with Crippen molar-refractivity contribution in [3.63, 3.8) is 0 Å². The maximum atomic E-state index is 10.3. The van der Waals surface area contributed by atoms with Crippen molar-refractivity contribution >= 4 is 11.9 Å². The van der Waals surface area contributed by atoms with E-state index in [1.165, 1.54) is 0 Å². The minimum atomic E-state index is -0.989. The van der Waals surface area contributed by atoms with Crippen LogP contribution in [0, 0.1) is 5.92 Å². The van der Waals surface area contributed by atoms with Crippen molar-refractivity contribution in [3.05, 3.63) is 0 Å². The summed E-state index contributed by atoms with van der Waals surface area (Å²) in [6.07, 6.45) is 2.03. The number of hydrogen-bond donors (Lipinski definition) is 4. The van der Waals surface area contributed by atoms with Crippen molar-refractivity contribution in [3.8, 4) is 0 Å². The number of amides is 1. The molecule has 14 heavy (non-hydrogen) atoms. The van der Waals surface area contributed by atoms with E-state index in [2.05, 4.69) is 10.5 Å². The summed E-state index contributed by atoms with van der Waals surface area (Å²) in [4.78, 5) is 10.3. The molecular formula is C8H15N3O3. The highest BCUT2D eigenvalue weighted by Gasteiger charge is 2.24. The summed E-state index contributed by atoms with van der Waals surface area (Å²) < 4.78 is 0. The maximum Gasteiger partial charge on any atom is 0.404 e. The van der Waals surface area contributed by atoms with Crippen molar-refractivity contribution in [1.82, 2.24) is 5.32 Å². The van der Waals surface area contributed by atoms with Gasteiger partial charge in [0.05, 0.1) is 0 Å². The fourth-order valence-corrected chi connectivity index (χ4v) is 1.79. The number of carbonyl (C=O) groups is 1. The Balaban J connectivity index is 2.35. The molecule has 0 radical (unpaired) electrons. The SMILES string of the molecule is NC(=NO)C1CCC(NC(=O)O)CC1. The predicted molar refractivity (Wildman–Crippen MR) is 50.3 cm³/mol. The third-order valence-electron chi connectivity index (χ3n) is 2.59. The Morgan fingerprint density at radius 2 is 1.93 bits per heavy atom. The molecular weight excluding hydrogens is 186 g/mol. The Labute approximate surface area is 81.8 Å². The number of carboxylic acid groups (broad SMARTS) is 1. The predicted octanol–water partition coefficient (Wildman–Crippen LogP) is 0.559. The largest absolute Gasteiger partial charge is 0.465 e. The summed E-state index contributed by atoms with van der Waals surface area (Å²) in [5.74, 6) is 0.339. The van der Waals surface area contributed by atoms with Gasteiger partial charge >= 0.3 is 6.09 Å². The van der Waals surface area contributed by atoms with Gasteiger partial charge in [0.15, 0.2) is 0 Å². The standard InChI is InChI=1S/C8H15N3O3/c9-7(11-14)5-1-3-6(4-2-5)10-8(12)13/h5-6,10,14H,1-4H2,(H2,9,11)(H,12,13). The zero-order valence-electron chi connectivity index (χ0n) is 7.81. The normalized spacial score (nSPS) is 28.4. The summed E-state index contributed by atoms with van der Waals surface area (Å²) in [5.41, 5.74) is 5.46. The Bertz CT molecular complexity index is 234. The average Bonchev–Trinajstić information content (AvgIpc) is 2.17. The fourth-order valence-electron chi connectivity index (χ4n) is 1.79. The lowest BCUT2D eigenvalue weighted by Gasteiger charge is -2.27. The summed E-state index contributed by atoms with van der Waals surface area (Å²) in [6, 6.07) is 0.00948. The van der Waals surface area contributed by atoms with E-state index in [4.69, 9.17) is 16.0 Å². The fraction of sp³-hybridized carbons (Fsp3) is 0.750. The first kappa shape index (κ1) is 10.6. The third kappa shape index (κ3) is 2.79. The molecule has 0 spiro atoms. The lowest BCUT2D eigenvalue weighted by Crippen LogP contribution is -2.39. The molecule has 0 aromatic heterocycles. The second-order valence-corrected chi connectivity index (χ2v) is 3.52. The molecule has 1 rings (SSSR count). The molecule has 0 aromatic carbocycles. The van der Waals surface area contributed by atoms with E-state index >= 15 is 0 Å². The smallest absolute Gasteiger partial charge is 0.404 e. The van der Waals surface area contributed by atoms with Crippen LogP contribution in [0.3, 0.4) is 0 Å². The van der Waals surface area contributed by atoms with Gasteiger partial charge in [0.1, 0.15) is 5.84 Å². The molecule has 6 nitrogen and oxygen atoms in total. The van der Waals surface area contributed by atoms with Gasteiger partial charge in [-0.05, 0) is 25.7 Å². The van der Waals surface area contributed by atoms with Crippen molar-refractivity contribution in [2.45, 2.75) is 31.7 Å². The van der Waals surface area contributed by atoms with Gasteiger partial charge in [0.2, 0.25) is 0 Å². The van der Waals surface area contributed by atoms with E-state index in [-0.39, 0.29) is 17.8 Å². The van der Waals surface area contributed by atoms with Gasteiger partial charge in [-0.25, -0.2) is 4.79 Å². The van der Waals surface area contributed by atoms with Crippen LogP contribution in [-0.4, -0.2) is 28.3 Å². The number of hydrogen-bond acceptors (Lipinski definition) is 3. The molecule has 80 valence electrons. The minimum Gasteiger partial charge on any atom is -0.465 e. The van der Waals surface area contributed by atoms with Gasteiger partial charge in [0.25, 0.3) is 0 Å². The second-order valence-electron chi connectivity index (χ2n) is 3.52. The quantitative estimate of drug-likeness (QED) is 0.226. The van der Waals surface area contributed by atoms with Crippen molar-refractivity contribution < 1.29 is 15.1 Å². The van der Waals surface area contributed by atoms with Crippen LogP contribution in [0.1, 0.15) is 25.7 Å². The van der Waals surface area contributed by atoms with Crippen LogP contribution in [-0.2, 0) is 0 Å². The Morgan fingerprint density at radius 3 is 2.36 bits per heavy atom. The van der Waals surface area contributed by atoms with Gasteiger partial charge in [-0.15, -0.1) is 0 Å². The van der Waals surface area contributed by atoms with Crippen LogP contribution < -0.4 is 11.1 Å². The Hall–Kier alpha value is -1.46. The van der Waals surface area contributed by atoms with E-state index in [1.54, 1.807) is 0 Å². The van der Waals surface area contributed by atoms with Crippen molar-refractivity contribution in [2.24, 2.45) is 16.8 Å². The minimum absolute atomic E-state index is 0.00948. The van der Waals surface area contributed by atoms with Crippen LogP contribution in [0.4, 0.5) is 4.79 Å². The molecule has 0 heterocycles. The number of oxime groups is 1. The molecule has 0 saturated heterocycles. The lowest BCUT2D eigenvalue weighted by atomic mass is 9.85. The van der Waals surface area contributed by atoms with Gasteiger partial charge in [0, 0.05) is 12.0 Å². The molecule has 1 aliphatic rings. The van der Waals surface area contributed by atoms with Gasteiger partial charge in [-0.2, -0.15) is 0 Å². The van der Waals surface area contributed by atoms with E-state index in [1.807, 2.05) is 0 Å². The summed E-state index contributed by atoms with van der Waals surface area (Å²) >= 11 is 0. The van der Waals surface area contributed by atoms with Crippen LogP contribution in [0.25, 0.3) is 0 Å². The number of nitrogens with two attached hydrogens (primary N) is 1. The zero-order chi connectivity index (χ0) is 10.6. The Morgan fingerprint density at radius 1 is 1.36 bits per heavy atom. The Kier molecular flexibility index (Phi) is 3.55. The molecule has 5 N–H and O–H groups in total. The zero-order valence-corrected chi connectivity index (χ0v) is 7.81. The summed E-state index contributed by atoms with van der Waals surface area (Å²) in [6.45, 7) is 0. The molecule has 0 bridgehead atoms. The molecule has 0 unspecified atom stereocenters. The first-order valence-corrected chi connectivity index (χ1v) is 4.60. The van der Waals surface area contributed by atoms with E-state index in [0.29, 0.717) is 0 Å². The number of rotatable bonds is 2. The second kappa shape index (κ2) is 4.69. The van der Waals surface area contributed by atoms with Crippen LogP contribution >= 0.6 is 0 Å². The molecule has 6 heteroatoms. The molecule has 1 aliphatic carbocycles. The van der Waals surface area contributed by atoms with Crippen LogP contribution in [0.15, 0.2) is 5.16 Å². The van der Waals surface area contributed by atoms with E-state index in [9.17, 15) is 4.79 Å². The molecule has 0 atom stereocenters. The third-order valence-corrected chi connectivity index (χ3v) is 2.59. The van der Waals surface area contributed by atoms with Gasteiger partial charge in [-0.3, -0.25) is 0 Å². The van der Waals surface area contributed by atoms with Crippen LogP contribution in [0.5, 0.6) is 0 Å². The van der Waals surface area contributed by atoms with Gasteiger partial charge in [-0.1, -0.05) is 5.16 Å². The highest BCUT2D eigenvalue weighted by Crippen LogP contribution is 2.24. The topological polar surface area (TPSA) is 108 Å². The highest BCUT2D eigenvalue weighted by atomic mass is 16.4. The molecule has 0 aliphatic heterocycles. The first-order chi connectivity index (χ1) is 6.63. The number of amidine groups is 1. The van der Waals surface area contributed by atoms with Crippen molar-refractivity contribution in [1.29, 1.82) is 0 Å². The monoisotopic (exact) mass is 201 g/mol. The molecule has 1 saturated carbocycles.